The van der Waals surface area contributed by atoms with Crippen molar-refractivity contribution >= 4 is 5.91 Å². The SMILES string of the molecule is CC(CC(=O)N(C(C)C)C1CCCC1)C1CCCNC1. The van der Waals surface area contributed by atoms with E-state index in [0.717, 1.165) is 19.5 Å². The van der Waals surface area contributed by atoms with Crippen molar-refractivity contribution in [2.75, 3.05) is 13.1 Å². The van der Waals surface area contributed by atoms with E-state index in [9.17, 15) is 4.79 Å². The van der Waals surface area contributed by atoms with Gasteiger partial charge in [-0.15, -0.1) is 0 Å². The summed E-state index contributed by atoms with van der Waals surface area (Å²) in [4.78, 5) is 14.9. The van der Waals surface area contributed by atoms with E-state index in [4.69, 9.17) is 0 Å². The molecular formula is C17H32N2O. The first kappa shape index (κ1) is 15.8. The van der Waals surface area contributed by atoms with Gasteiger partial charge in [0.05, 0.1) is 0 Å². The predicted molar refractivity (Wildman–Crippen MR) is 83.6 cm³/mol. The van der Waals surface area contributed by atoms with Crippen LogP contribution in [0.5, 0.6) is 0 Å². The highest BCUT2D eigenvalue weighted by atomic mass is 16.2. The lowest BCUT2D eigenvalue weighted by Gasteiger charge is -2.35. The molecule has 2 aliphatic rings. The second-order valence-corrected chi connectivity index (χ2v) is 7.12. The van der Waals surface area contributed by atoms with Crippen LogP contribution in [-0.2, 0) is 4.79 Å². The Labute approximate surface area is 124 Å². The zero-order valence-electron chi connectivity index (χ0n) is 13.5. The van der Waals surface area contributed by atoms with Crippen LogP contribution >= 0.6 is 0 Å². The van der Waals surface area contributed by atoms with Crippen molar-refractivity contribution in [2.24, 2.45) is 11.8 Å². The van der Waals surface area contributed by atoms with Crippen molar-refractivity contribution in [3.8, 4) is 0 Å². The van der Waals surface area contributed by atoms with Gasteiger partial charge in [-0.25, -0.2) is 0 Å². The van der Waals surface area contributed by atoms with Crippen molar-refractivity contribution in [1.29, 1.82) is 0 Å². The smallest absolute Gasteiger partial charge is 0.223 e. The standard InChI is InChI=1S/C17H32N2O/c1-13(2)19(16-8-4-5-9-16)17(20)11-14(3)15-7-6-10-18-12-15/h13-16,18H,4-12H2,1-3H3. The van der Waals surface area contributed by atoms with Gasteiger partial charge in [-0.3, -0.25) is 4.79 Å². The molecule has 2 atom stereocenters. The Kier molecular flexibility index (Phi) is 5.88. The minimum absolute atomic E-state index is 0.349. The molecule has 3 heteroatoms. The number of piperidine rings is 1. The van der Waals surface area contributed by atoms with Gasteiger partial charge in [0.1, 0.15) is 0 Å². The lowest BCUT2D eigenvalue weighted by Crippen LogP contribution is -2.45. The molecule has 0 aromatic carbocycles. The molecule has 2 unspecified atom stereocenters. The third kappa shape index (κ3) is 3.97. The van der Waals surface area contributed by atoms with Crippen LogP contribution in [0.1, 0.15) is 65.7 Å². The van der Waals surface area contributed by atoms with E-state index < -0.39 is 0 Å². The van der Waals surface area contributed by atoms with Crippen molar-refractivity contribution < 1.29 is 4.79 Å². The summed E-state index contributed by atoms with van der Waals surface area (Å²) < 4.78 is 0. The van der Waals surface area contributed by atoms with Gasteiger partial charge in [-0.05, 0) is 64.5 Å². The van der Waals surface area contributed by atoms with Crippen LogP contribution in [0.3, 0.4) is 0 Å². The summed E-state index contributed by atoms with van der Waals surface area (Å²) in [6.45, 7) is 8.85. The summed E-state index contributed by atoms with van der Waals surface area (Å²) in [6, 6.07) is 0.862. The first-order valence-corrected chi connectivity index (χ1v) is 8.61. The van der Waals surface area contributed by atoms with Crippen LogP contribution in [0.15, 0.2) is 0 Å². The van der Waals surface area contributed by atoms with Gasteiger partial charge in [0.15, 0.2) is 0 Å². The molecule has 2 rings (SSSR count). The largest absolute Gasteiger partial charge is 0.337 e. The first-order chi connectivity index (χ1) is 9.59. The Morgan fingerprint density at radius 1 is 1.15 bits per heavy atom. The zero-order chi connectivity index (χ0) is 14.5. The maximum atomic E-state index is 12.7. The highest BCUT2D eigenvalue weighted by Crippen LogP contribution is 2.28. The fraction of sp³-hybridized carbons (Fsp3) is 0.941. The molecule has 0 spiro atoms. The molecule has 1 saturated heterocycles. The number of nitrogens with one attached hydrogen (secondary N) is 1. The van der Waals surface area contributed by atoms with Crippen molar-refractivity contribution in [1.82, 2.24) is 10.2 Å². The molecule has 2 fully saturated rings. The average Bonchev–Trinajstić information content (AvgIpc) is 2.93. The first-order valence-electron chi connectivity index (χ1n) is 8.61. The monoisotopic (exact) mass is 280 g/mol. The molecule has 0 radical (unpaired) electrons. The van der Waals surface area contributed by atoms with Gasteiger partial charge >= 0.3 is 0 Å². The number of carbonyl (C=O) groups excluding carboxylic acids is 1. The molecule has 1 heterocycles. The molecule has 1 N–H and O–H groups in total. The van der Waals surface area contributed by atoms with Crippen LogP contribution < -0.4 is 5.32 Å². The molecule has 1 aliphatic heterocycles. The topological polar surface area (TPSA) is 32.3 Å². The number of nitrogens with zero attached hydrogens (tertiary/aromatic N) is 1. The Hall–Kier alpha value is -0.570. The third-order valence-electron chi connectivity index (χ3n) is 5.20. The fourth-order valence-corrected chi connectivity index (χ4v) is 4.01. The molecule has 1 amide bonds. The number of hydrogen-bond acceptors (Lipinski definition) is 2. The maximum absolute atomic E-state index is 12.7. The highest BCUT2D eigenvalue weighted by molar-refractivity contribution is 5.77. The van der Waals surface area contributed by atoms with Crippen LogP contribution in [0.25, 0.3) is 0 Å². The van der Waals surface area contributed by atoms with Gasteiger partial charge in [0, 0.05) is 18.5 Å². The maximum Gasteiger partial charge on any atom is 0.223 e. The summed E-state index contributed by atoms with van der Waals surface area (Å²) in [6.07, 6.45) is 8.30. The molecule has 1 saturated carbocycles. The van der Waals surface area contributed by atoms with E-state index in [-0.39, 0.29) is 0 Å². The number of rotatable bonds is 5. The van der Waals surface area contributed by atoms with E-state index >= 15 is 0 Å². The molecule has 0 aromatic heterocycles. The van der Waals surface area contributed by atoms with E-state index in [0.29, 0.717) is 29.8 Å². The highest BCUT2D eigenvalue weighted by Gasteiger charge is 2.31. The normalized spacial score (nSPS) is 25.9. The van der Waals surface area contributed by atoms with Crippen LogP contribution in [0, 0.1) is 11.8 Å². The summed E-state index contributed by atoms with van der Waals surface area (Å²) in [7, 11) is 0. The zero-order valence-corrected chi connectivity index (χ0v) is 13.5. The Morgan fingerprint density at radius 3 is 2.40 bits per heavy atom. The Morgan fingerprint density at radius 2 is 1.85 bits per heavy atom. The summed E-state index contributed by atoms with van der Waals surface area (Å²) in [5.74, 6) is 1.59. The van der Waals surface area contributed by atoms with E-state index in [1.807, 2.05) is 0 Å². The summed E-state index contributed by atoms with van der Waals surface area (Å²) in [5.41, 5.74) is 0. The molecule has 116 valence electrons. The quantitative estimate of drug-likeness (QED) is 0.839. The van der Waals surface area contributed by atoms with Crippen LogP contribution in [-0.4, -0.2) is 36.0 Å². The number of amides is 1. The molecular weight excluding hydrogens is 248 g/mol. The second-order valence-electron chi connectivity index (χ2n) is 7.12. The van der Waals surface area contributed by atoms with E-state index in [1.165, 1.54) is 38.5 Å². The molecule has 0 aromatic rings. The Balaban J connectivity index is 1.90. The van der Waals surface area contributed by atoms with Crippen molar-refractivity contribution in [2.45, 2.75) is 77.8 Å². The van der Waals surface area contributed by atoms with Gasteiger partial charge in [-0.1, -0.05) is 19.8 Å². The number of hydrogen-bond donors (Lipinski definition) is 1. The minimum Gasteiger partial charge on any atom is -0.337 e. The van der Waals surface area contributed by atoms with Crippen LogP contribution in [0.4, 0.5) is 0 Å². The van der Waals surface area contributed by atoms with Gasteiger partial charge in [-0.2, -0.15) is 0 Å². The van der Waals surface area contributed by atoms with Gasteiger partial charge in [0.2, 0.25) is 5.91 Å². The summed E-state index contributed by atoms with van der Waals surface area (Å²) in [5, 5.41) is 3.47. The van der Waals surface area contributed by atoms with E-state index in [2.05, 4.69) is 31.0 Å². The number of carbonyl (C=O) groups is 1. The van der Waals surface area contributed by atoms with Crippen molar-refractivity contribution in [3.63, 3.8) is 0 Å². The third-order valence-corrected chi connectivity index (χ3v) is 5.20. The lowest BCUT2D eigenvalue weighted by atomic mass is 9.85. The average molecular weight is 280 g/mol. The molecule has 0 bridgehead atoms. The van der Waals surface area contributed by atoms with Gasteiger partial charge in [0.25, 0.3) is 0 Å². The van der Waals surface area contributed by atoms with E-state index in [1.54, 1.807) is 0 Å². The van der Waals surface area contributed by atoms with Gasteiger partial charge < -0.3 is 10.2 Å². The fourth-order valence-electron chi connectivity index (χ4n) is 4.01. The molecule has 20 heavy (non-hydrogen) atoms. The lowest BCUT2D eigenvalue weighted by molar-refractivity contribution is -0.136. The minimum atomic E-state index is 0.349. The molecule has 3 nitrogen and oxygen atoms in total. The predicted octanol–water partition coefficient (Wildman–Crippen LogP) is 3.19. The Bertz CT molecular complexity index is 304. The second kappa shape index (κ2) is 7.44. The summed E-state index contributed by atoms with van der Waals surface area (Å²) >= 11 is 0. The van der Waals surface area contributed by atoms with Crippen molar-refractivity contribution in [3.05, 3.63) is 0 Å². The molecule has 1 aliphatic carbocycles. The van der Waals surface area contributed by atoms with Crippen LogP contribution in [0.2, 0.25) is 0 Å².